The molecule has 0 aliphatic heterocycles. The van der Waals surface area contributed by atoms with E-state index in [-0.39, 0.29) is 11.7 Å². The van der Waals surface area contributed by atoms with E-state index in [1.807, 2.05) is 39.8 Å². The van der Waals surface area contributed by atoms with Crippen molar-refractivity contribution in [1.82, 2.24) is 19.7 Å². The Balaban J connectivity index is 2.05. The zero-order valence-electron chi connectivity index (χ0n) is 18.8. The van der Waals surface area contributed by atoms with Crippen molar-refractivity contribution >= 4 is 28.2 Å². The molecule has 1 atom stereocenters. The second-order valence-corrected chi connectivity index (χ2v) is 7.48. The molecule has 4 rings (SSSR count). The maximum Gasteiger partial charge on any atom is 0.327 e. The number of H-pyrrole nitrogens is 1. The van der Waals surface area contributed by atoms with Crippen LogP contribution in [0.5, 0.6) is 5.75 Å². The Morgan fingerprint density at radius 1 is 1.38 bits per heavy atom. The molecule has 0 bridgehead atoms. The van der Waals surface area contributed by atoms with Gasteiger partial charge < -0.3 is 14.2 Å². The number of aromatic nitrogens is 4. The minimum absolute atomic E-state index is 0.239. The van der Waals surface area contributed by atoms with Gasteiger partial charge in [-0.1, -0.05) is 17.8 Å². The van der Waals surface area contributed by atoms with Gasteiger partial charge in [-0.2, -0.15) is 0 Å². The van der Waals surface area contributed by atoms with E-state index in [4.69, 9.17) is 9.26 Å². The molecule has 0 amide bonds. The van der Waals surface area contributed by atoms with E-state index in [2.05, 4.69) is 26.7 Å². The number of pyridine rings is 1. The Kier molecular flexibility index (Phi) is 5.52. The van der Waals surface area contributed by atoms with Gasteiger partial charge >= 0.3 is 5.69 Å². The van der Waals surface area contributed by atoms with Gasteiger partial charge in [-0.25, -0.2) is 4.79 Å². The summed E-state index contributed by atoms with van der Waals surface area (Å²) in [5.41, 5.74) is 5.05. The van der Waals surface area contributed by atoms with Gasteiger partial charge in [-0.05, 0) is 45.9 Å². The number of nitrogens with one attached hydrogen (secondary N) is 1. The Bertz CT molecular complexity index is 1430. The van der Waals surface area contributed by atoms with Crippen molar-refractivity contribution in [3.63, 3.8) is 0 Å². The van der Waals surface area contributed by atoms with Crippen molar-refractivity contribution in [2.24, 2.45) is 4.99 Å². The van der Waals surface area contributed by atoms with Gasteiger partial charge in [0, 0.05) is 17.2 Å². The first kappa shape index (κ1) is 21.3. The molecule has 0 unspecified atom stereocenters. The fraction of sp³-hybridized carbons (Fsp3) is 0.250. The first-order valence-electron chi connectivity index (χ1n) is 10.3. The molecule has 4 aromatic rings. The summed E-state index contributed by atoms with van der Waals surface area (Å²) in [6.07, 6.45) is 6.84. The number of methoxy groups -OCH3 is 1. The van der Waals surface area contributed by atoms with Gasteiger partial charge in [0.1, 0.15) is 11.5 Å². The number of aryl methyl sites for hydroxylation is 2. The van der Waals surface area contributed by atoms with E-state index >= 15 is 0 Å². The van der Waals surface area contributed by atoms with E-state index < -0.39 is 0 Å². The summed E-state index contributed by atoms with van der Waals surface area (Å²) >= 11 is 0. The van der Waals surface area contributed by atoms with Gasteiger partial charge in [-0.15, -0.1) is 0 Å². The molecule has 3 aromatic heterocycles. The third-order valence-electron chi connectivity index (χ3n) is 5.55. The molecule has 32 heavy (non-hydrogen) atoms. The molecule has 1 N–H and O–H groups in total. The number of aromatic amines is 1. The molecule has 0 saturated heterocycles. The van der Waals surface area contributed by atoms with Crippen LogP contribution in [-0.4, -0.2) is 33.0 Å². The number of nitrogens with zero attached hydrogens (tertiary/aromatic N) is 4. The van der Waals surface area contributed by atoms with Crippen LogP contribution in [-0.2, 0) is 0 Å². The lowest BCUT2D eigenvalue weighted by molar-refractivity contribution is 0.393. The maximum absolute atomic E-state index is 13.0. The maximum atomic E-state index is 13.0. The van der Waals surface area contributed by atoms with Gasteiger partial charge in [0.25, 0.3) is 0 Å². The lowest BCUT2D eigenvalue weighted by atomic mass is 10.0. The van der Waals surface area contributed by atoms with Crippen molar-refractivity contribution < 1.29 is 9.26 Å². The third-order valence-corrected chi connectivity index (χ3v) is 5.55. The normalized spacial score (nSPS) is 13.3. The molecule has 8 heteroatoms. The molecule has 1 aromatic carbocycles. The highest BCUT2D eigenvalue weighted by atomic mass is 16.5. The van der Waals surface area contributed by atoms with Crippen LogP contribution in [0.4, 0.5) is 0 Å². The number of hydrogen-bond acceptors (Lipinski definition) is 6. The summed E-state index contributed by atoms with van der Waals surface area (Å²) in [5.74, 6) is 1.34. The van der Waals surface area contributed by atoms with Crippen molar-refractivity contribution in [2.75, 3.05) is 7.11 Å². The SMILES string of the molecule is C=C/C=C(\N=C/C)[C@@H](C)n1c(=O)[nH]c2cnc3cc(-c4c(C)noc4C)c(OC)cc3c21. The largest absolute Gasteiger partial charge is 0.496 e. The smallest absolute Gasteiger partial charge is 0.327 e. The van der Waals surface area contributed by atoms with Gasteiger partial charge in [0.05, 0.1) is 52.9 Å². The highest BCUT2D eigenvalue weighted by molar-refractivity contribution is 6.04. The molecule has 0 fully saturated rings. The van der Waals surface area contributed by atoms with Crippen LogP contribution in [0.2, 0.25) is 0 Å². The quantitative estimate of drug-likeness (QED) is 0.347. The second kappa shape index (κ2) is 8.30. The average molecular weight is 431 g/mol. The third kappa shape index (κ3) is 3.33. The van der Waals surface area contributed by atoms with Gasteiger partial charge in [0.2, 0.25) is 0 Å². The van der Waals surface area contributed by atoms with Crippen LogP contribution in [0.1, 0.15) is 31.3 Å². The van der Waals surface area contributed by atoms with Crippen LogP contribution in [0.15, 0.2) is 57.1 Å². The van der Waals surface area contributed by atoms with E-state index in [1.54, 1.807) is 36.2 Å². The topological polar surface area (TPSA) is 98.3 Å². The highest BCUT2D eigenvalue weighted by Gasteiger charge is 2.22. The van der Waals surface area contributed by atoms with Crippen molar-refractivity contribution in [3.05, 3.63) is 64.7 Å². The Morgan fingerprint density at radius 2 is 2.16 bits per heavy atom. The molecule has 164 valence electrons. The Labute approximate surface area is 184 Å². The molecule has 0 spiro atoms. The Hall–Kier alpha value is -3.94. The van der Waals surface area contributed by atoms with Crippen LogP contribution in [0.25, 0.3) is 33.1 Å². The number of benzene rings is 1. The average Bonchev–Trinajstić information content (AvgIpc) is 3.29. The minimum Gasteiger partial charge on any atom is -0.496 e. The zero-order valence-corrected chi connectivity index (χ0v) is 18.8. The lowest BCUT2D eigenvalue weighted by Gasteiger charge is -2.16. The van der Waals surface area contributed by atoms with Crippen LogP contribution in [0, 0.1) is 13.8 Å². The van der Waals surface area contributed by atoms with Gasteiger partial charge in [-0.3, -0.25) is 14.5 Å². The monoisotopic (exact) mass is 431 g/mol. The Morgan fingerprint density at radius 3 is 2.78 bits per heavy atom. The number of rotatable bonds is 6. The van der Waals surface area contributed by atoms with Crippen molar-refractivity contribution in [3.8, 4) is 16.9 Å². The van der Waals surface area contributed by atoms with E-state index in [0.717, 1.165) is 38.9 Å². The number of allylic oxidation sites excluding steroid dienone is 3. The summed E-state index contributed by atoms with van der Waals surface area (Å²) in [6.45, 7) is 11.3. The molecular weight excluding hydrogens is 406 g/mol. The molecule has 0 saturated carbocycles. The number of hydrogen-bond donors (Lipinski definition) is 1. The predicted molar refractivity (Wildman–Crippen MR) is 127 cm³/mol. The summed E-state index contributed by atoms with van der Waals surface area (Å²) in [4.78, 5) is 24.9. The fourth-order valence-corrected chi connectivity index (χ4v) is 4.13. The summed E-state index contributed by atoms with van der Waals surface area (Å²) < 4.78 is 12.8. The molecule has 8 nitrogen and oxygen atoms in total. The number of ether oxygens (including phenoxy) is 1. The summed E-state index contributed by atoms with van der Waals surface area (Å²) in [6, 6.07) is 3.52. The van der Waals surface area contributed by atoms with Crippen molar-refractivity contribution in [2.45, 2.75) is 33.7 Å². The number of fused-ring (bicyclic) bond motifs is 3. The van der Waals surface area contributed by atoms with Crippen LogP contribution < -0.4 is 10.4 Å². The molecule has 3 heterocycles. The molecule has 0 radical (unpaired) electrons. The standard InChI is InChI=1S/C24H25N5O3/c1-7-9-18(25-8-2)14(4)29-23-16-11-21(31-6)17(22-13(3)28-32-15(22)5)10-19(16)26-12-20(23)27-24(29)30/h7-12,14H,1H2,2-6H3,(H,27,30)/b18-9-,25-8-/t14-/m1/s1. The van der Waals surface area contributed by atoms with E-state index in [9.17, 15) is 4.79 Å². The number of imidazole rings is 1. The second-order valence-electron chi connectivity index (χ2n) is 7.48. The zero-order chi connectivity index (χ0) is 23.0. The molecular formula is C24H25N5O3. The van der Waals surface area contributed by atoms with E-state index in [0.29, 0.717) is 17.0 Å². The fourth-order valence-electron chi connectivity index (χ4n) is 4.13. The lowest BCUT2D eigenvalue weighted by Crippen LogP contribution is -2.21. The number of aliphatic imine (C=N–C) groups is 1. The van der Waals surface area contributed by atoms with Crippen LogP contribution in [0.3, 0.4) is 0 Å². The van der Waals surface area contributed by atoms with Crippen molar-refractivity contribution in [1.29, 1.82) is 0 Å². The minimum atomic E-state index is -0.329. The first-order chi connectivity index (χ1) is 15.4. The molecule has 0 aliphatic carbocycles. The van der Waals surface area contributed by atoms with Gasteiger partial charge in [0.15, 0.2) is 0 Å². The molecule has 0 aliphatic rings. The summed E-state index contributed by atoms with van der Waals surface area (Å²) in [7, 11) is 1.62. The highest BCUT2D eigenvalue weighted by Crippen LogP contribution is 2.39. The van der Waals surface area contributed by atoms with E-state index in [1.165, 1.54) is 0 Å². The summed E-state index contributed by atoms with van der Waals surface area (Å²) in [5, 5.41) is 4.85. The predicted octanol–water partition coefficient (Wildman–Crippen LogP) is 4.88. The first-order valence-corrected chi connectivity index (χ1v) is 10.3. The van der Waals surface area contributed by atoms with Crippen LogP contribution >= 0.6 is 0 Å².